The van der Waals surface area contributed by atoms with Crippen LogP contribution < -0.4 is 9.46 Å². The lowest BCUT2D eigenvalue weighted by molar-refractivity contribution is 0.0468. The van der Waals surface area contributed by atoms with Gasteiger partial charge >= 0.3 is 5.97 Å². The molecule has 0 aliphatic heterocycles. The minimum absolute atomic E-state index is 0.0239. The van der Waals surface area contributed by atoms with Gasteiger partial charge in [0.15, 0.2) is 0 Å². The summed E-state index contributed by atoms with van der Waals surface area (Å²) in [5.41, 5.74) is 2.14. The van der Waals surface area contributed by atoms with Gasteiger partial charge in [-0.15, -0.1) is 11.3 Å². The summed E-state index contributed by atoms with van der Waals surface area (Å²) in [5, 5.41) is 2.65. The van der Waals surface area contributed by atoms with Crippen molar-refractivity contribution in [1.29, 1.82) is 0 Å². The molecule has 152 valence electrons. The first-order valence-electron chi connectivity index (χ1n) is 8.76. The van der Waals surface area contributed by atoms with Crippen molar-refractivity contribution in [2.24, 2.45) is 0 Å². The summed E-state index contributed by atoms with van der Waals surface area (Å²) in [5.74, 6) is 0.243. The number of nitrogens with one attached hydrogen (secondary N) is 1. The van der Waals surface area contributed by atoms with Crippen molar-refractivity contribution in [3.8, 4) is 16.3 Å². The lowest BCUT2D eigenvalue weighted by Gasteiger charge is -2.07. The van der Waals surface area contributed by atoms with Crippen molar-refractivity contribution in [3.05, 3.63) is 65.2 Å². The lowest BCUT2D eigenvalue weighted by atomic mass is 10.2. The molecule has 0 bridgehead atoms. The number of esters is 1. The van der Waals surface area contributed by atoms with Crippen LogP contribution in [0.5, 0.6) is 5.75 Å². The third kappa shape index (κ3) is 6.03. The molecule has 1 N–H and O–H groups in total. The topological polar surface area (TPSA) is 94.6 Å². The minimum atomic E-state index is -3.42. The van der Waals surface area contributed by atoms with Crippen molar-refractivity contribution in [2.75, 3.05) is 17.6 Å². The monoisotopic (exact) mass is 432 g/mol. The van der Waals surface area contributed by atoms with E-state index < -0.39 is 16.0 Å². The maximum Gasteiger partial charge on any atom is 0.338 e. The highest BCUT2D eigenvalue weighted by Crippen LogP contribution is 2.26. The third-order valence-corrected chi connectivity index (χ3v) is 5.26. The van der Waals surface area contributed by atoms with Crippen LogP contribution in [0.25, 0.3) is 10.6 Å². The number of sulfonamides is 1. The molecule has 9 heteroatoms. The Morgan fingerprint density at radius 2 is 1.93 bits per heavy atom. The van der Waals surface area contributed by atoms with Gasteiger partial charge in [0, 0.05) is 16.6 Å². The molecule has 7 nitrogen and oxygen atoms in total. The number of anilines is 1. The fourth-order valence-corrected chi connectivity index (χ4v) is 3.88. The molecule has 0 radical (unpaired) electrons. The smallest absolute Gasteiger partial charge is 0.338 e. The van der Waals surface area contributed by atoms with E-state index in [0.717, 1.165) is 22.6 Å². The summed E-state index contributed by atoms with van der Waals surface area (Å²) in [6.45, 7) is 2.57. The van der Waals surface area contributed by atoms with Gasteiger partial charge in [-0.05, 0) is 49.4 Å². The van der Waals surface area contributed by atoms with E-state index in [0.29, 0.717) is 18.0 Å². The van der Waals surface area contributed by atoms with Crippen LogP contribution in [0.3, 0.4) is 0 Å². The number of ether oxygens (including phenoxy) is 2. The molecule has 3 aromatic rings. The van der Waals surface area contributed by atoms with Gasteiger partial charge in [-0.1, -0.05) is 6.07 Å². The Hall–Kier alpha value is -2.91. The normalized spacial score (nSPS) is 11.1. The SMILES string of the molecule is CCOc1ccc(-c2nc(COC(=O)c3cccc(NS(C)(=O)=O)c3)cs2)cc1. The quantitative estimate of drug-likeness (QED) is 0.542. The van der Waals surface area contributed by atoms with Crippen molar-refractivity contribution < 1.29 is 22.7 Å². The Bertz CT molecular complexity index is 1090. The van der Waals surface area contributed by atoms with Gasteiger partial charge in [0.2, 0.25) is 10.0 Å². The molecular formula is C20H20N2O5S2. The first-order valence-corrected chi connectivity index (χ1v) is 11.5. The molecule has 0 unspecified atom stereocenters. The van der Waals surface area contributed by atoms with E-state index in [1.165, 1.54) is 17.4 Å². The van der Waals surface area contributed by atoms with Crippen LogP contribution in [0.4, 0.5) is 5.69 Å². The van der Waals surface area contributed by atoms with Crippen molar-refractivity contribution in [2.45, 2.75) is 13.5 Å². The summed E-state index contributed by atoms with van der Waals surface area (Å²) in [6, 6.07) is 13.8. The predicted octanol–water partition coefficient (Wildman–Crippen LogP) is 3.94. The molecule has 0 saturated heterocycles. The van der Waals surface area contributed by atoms with Gasteiger partial charge in [-0.2, -0.15) is 0 Å². The van der Waals surface area contributed by atoms with E-state index in [2.05, 4.69) is 9.71 Å². The lowest BCUT2D eigenvalue weighted by Crippen LogP contribution is -2.11. The molecule has 0 fully saturated rings. The average Bonchev–Trinajstić information content (AvgIpc) is 3.15. The van der Waals surface area contributed by atoms with Gasteiger partial charge < -0.3 is 9.47 Å². The Kier molecular flexibility index (Phi) is 6.50. The van der Waals surface area contributed by atoms with E-state index in [-0.39, 0.29) is 12.2 Å². The van der Waals surface area contributed by atoms with Crippen LogP contribution in [-0.4, -0.2) is 32.2 Å². The van der Waals surface area contributed by atoms with Crippen LogP contribution >= 0.6 is 11.3 Å². The highest BCUT2D eigenvalue weighted by Gasteiger charge is 2.12. The van der Waals surface area contributed by atoms with Gasteiger partial charge in [-0.25, -0.2) is 18.2 Å². The van der Waals surface area contributed by atoms with Crippen LogP contribution in [0.15, 0.2) is 53.9 Å². The van der Waals surface area contributed by atoms with Gasteiger partial charge in [-0.3, -0.25) is 4.72 Å². The molecule has 0 saturated carbocycles. The number of rotatable bonds is 8. The molecule has 0 aliphatic rings. The van der Waals surface area contributed by atoms with Crippen LogP contribution in [0, 0.1) is 0 Å². The summed E-state index contributed by atoms with van der Waals surface area (Å²) in [6.07, 6.45) is 1.04. The summed E-state index contributed by atoms with van der Waals surface area (Å²) >= 11 is 1.46. The summed E-state index contributed by atoms with van der Waals surface area (Å²) < 4.78 is 35.7. The first kappa shape index (κ1) is 20.8. The fourth-order valence-electron chi connectivity index (χ4n) is 2.51. The molecular weight excluding hydrogens is 412 g/mol. The number of hydrogen-bond acceptors (Lipinski definition) is 7. The number of hydrogen-bond donors (Lipinski definition) is 1. The van der Waals surface area contributed by atoms with Gasteiger partial charge in [0.25, 0.3) is 0 Å². The molecule has 3 rings (SSSR count). The molecule has 1 heterocycles. The number of thiazole rings is 1. The number of aromatic nitrogens is 1. The summed E-state index contributed by atoms with van der Waals surface area (Å²) in [4.78, 5) is 16.8. The Morgan fingerprint density at radius 1 is 1.17 bits per heavy atom. The van der Waals surface area contributed by atoms with Gasteiger partial charge in [0.05, 0.1) is 24.1 Å². The summed E-state index contributed by atoms with van der Waals surface area (Å²) in [7, 11) is -3.42. The highest BCUT2D eigenvalue weighted by atomic mass is 32.2. The van der Waals surface area contributed by atoms with E-state index >= 15 is 0 Å². The van der Waals surface area contributed by atoms with E-state index in [4.69, 9.17) is 9.47 Å². The zero-order valence-corrected chi connectivity index (χ0v) is 17.5. The van der Waals surface area contributed by atoms with E-state index in [1.807, 2.05) is 36.6 Å². The van der Waals surface area contributed by atoms with E-state index in [9.17, 15) is 13.2 Å². The maximum absolute atomic E-state index is 12.3. The number of nitrogens with zero attached hydrogens (tertiary/aromatic N) is 1. The molecule has 0 amide bonds. The minimum Gasteiger partial charge on any atom is -0.494 e. The maximum atomic E-state index is 12.3. The van der Waals surface area contributed by atoms with Crippen molar-refractivity contribution >= 4 is 33.0 Å². The number of carbonyl (C=O) groups excluding carboxylic acids is 1. The molecule has 29 heavy (non-hydrogen) atoms. The zero-order chi connectivity index (χ0) is 20.9. The van der Waals surface area contributed by atoms with Crippen molar-refractivity contribution in [1.82, 2.24) is 4.98 Å². The molecule has 0 aliphatic carbocycles. The molecule has 1 aromatic heterocycles. The fraction of sp³-hybridized carbons (Fsp3) is 0.200. The standard InChI is InChI=1S/C20H20N2O5S2/c1-3-26-18-9-7-14(8-10-18)19-21-17(13-28-19)12-27-20(23)15-5-4-6-16(11-15)22-29(2,24)25/h4-11,13,22H,3,12H2,1-2H3. The Labute approximate surface area is 173 Å². The van der Waals surface area contributed by atoms with Crippen LogP contribution in [0.1, 0.15) is 23.0 Å². The third-order valence-electron chi connectivity index (χ3n) is 3.72. The van der Waals surface area contributed by atoms with Gasteiger partial charge in [0.1, 0.15) is 17.4 Å². The second-order valence-electron chi connectivity index (χ2n) is 6.13. The zero-order valence-electron chi connectivity index (χ0n) is 15.9. The molecule has 0 atom stereocenters. The Balaban J connectivity index is 1.62. The molecule has 2 aromatic carbocycles. The first-order chi connectivity index (χ1) is 13.8. The Morgan fingerprint density at radius 3 is 2.62 bits per heavy atom. The molecule has 0 spiro atoms. The second-order valence-corrected chi connectivity index (χ2v) is 8.74. The van der Waals surface area contributed by atoms with E-state index in [1.54, 1.807) is 18.2 Å². The predicted molar refractivity (Wildman–Crippen MR) is 113 cm³/mol. The second kappa shape index (κ2) is 9.06. The largest absolute Gasteiger partial charge is 0.494 e. The average molecular weight is 433 g/mol. The van der Waals surface area contributed by atoms with Crippen LogP contribution in [0.2, 0.25) is 0 Å². The van der Waals surface area contributed by atoms with Crippen molar-refractivity contribution in [3.63, 3.8) is 0 Å². The highest BCUT2D eigenvalue weighted by molar-refractivity contribution is 7.92. The number of carbonyl (C=O) groups is 1. The van der Waals surface area contributed by atoms with Crippen LogP contribution in [-0.2, 0) is 21.4 Å². The number of benzene rings is 2.